The maximum absolute atomic E-state index is 13.0. The van der Waals surface area contributed by atoms with Crippen molar-refractivity contribution in [2.24, 2.45) is 11.8 Å². The van der Waals surface area contributed by atoms with Gasteiger partial charge in [0, 0.05) is 44.4 Å². The van der Waals surface area contributed by atoms with Crippen molar-refractivity contribution in [3.05, 3.63) is 42.0 Å². The summed E-state index contributed by atoms with van der Waals surface area (Å²) in [5.74, 6) is -1.94. The topological polar surface area (TPSA) is 75.9 Å². The first-order chi connectivity index (χ1) is 11.4. The van der Waals surface area contributed by atoms with Crippen LogP contribution in [0, 0.1) is 11.8 Å². The van der Waals surface area contributed by atoms with Crippen molar-refractivity contribution in [1.29, 1.82) is 0 Å². The maximum Gasteiger partial charge on any atom is 0.393 e. The fourth-order valence-electron chi connectivity index (χ4n) is 2.95. The molecule has 1 fully saturated rings. The number of hydrogen-bond donors (Lipinski definition) is 2. The van der Waals surface area contributed by atoms with Crippen LogP contribution < -0.4 is 5.32 Å². The summed E-state index contributed by atoms with van der Waals surface area (Å²) in [6.45, 7) is 0.383. The van der Waals surface area contributed by atoms with Gasteiger partial charge in [0.1, 0.15) is 6.10 Å². The number of aliphatic hydroxyl groups excluding tert-OH is 1. The average molecular weight is 341 g/mol. The molecule has 0 bridgehead atoms. The van der Waals surface area contributed by atoms with Gasteiger partial charge in [-0.3, -0.25) is 9.67 Å². The Bertz CT molecular complexity index is 661. The first kappa shape index (κ1) is 16.8. The van der Waals surface area contributed by atoms with Crippen molar-refractivity contribution < 1.29 is 18.3 Å². The fourth-order valence-corrected chi connectivity index (χ4v) is 2.95. The van der Waals surface area contributed by atoms with Gasteiger partial charge < -0.3 is 10.4 Å². The van der Waals surface area contributed by atoms with Gasteiger partial charge in [-0.05, 0) is 12.1 Å². The minimum absolute atomic E-state index is 0.0614. The minimum atomic E-state index is -4.22. The van der Waals surface area contributed by atoms with E-state index in [1.807, 2.05) is 0 Å². The number of hydrogen-bond acceptors (Lipinski definition) is 5. The number of aliphatic hydroxyl groups is 1. The van der Waals surface area contributed by atoms with Crippen LogP contribution in [0.3, 0.4) is 0 Å². The van der Waals surface area contributed by atoms with E-state index in [0.29, 0.717) is 17.9 Å². The van der Waals surface area contributed by atoms with E-state index < -0.39 is 24.1 Å². The molecule has 0 spiro atoms. The summed E-state index contributed by atoms with van der Waals surface area (Å²) in [4.78, 5) is 4.06. The quantitative estimate of drug-likeness (QED) is 0.859. The van der Waals surface area contributed by atoms with Crippen molar-refractivity contribution in [2.75, 3.05) is 13.1 Å². The maximum atomic E-state index is 13.0. The Morgan fingerprint density at radius 3 is 2.88 bits per heavy atom. The lowest BCUT2D eigenvalue weighted by Gasteiger charge is -2.20. The van der Waals surface area contributed by atoms with E-state index in [1.54, 1.807) is 30.6 Å². The molecule has 3 rings (SSSR count). The molecule has 2 N–H and O–H groups in total. The average Bonchev–Trinajstić information content (AvgIpc) is 3.18. The Labute approximate surface area is 136 Å². The van der Waals surface area contributed by atoms with Crippen molar-refractivity contribution in [1.82, 2.24) is 25.3 Å². The van der Waals surface area contributed by atoms with Crippen molar-refractivity contribution >= 4 is 0 Å². The van der Waals surface area contributed by atoms with Gasteiger partial charge >= 0.3 is 6.18 Å². The predicted octanol–water partition coefficient (Wildman–Crippen LogP) is 1.35. The Morgan fingerprint density at radius 1 is 1.33 bits per heavy atom. The normalized spacial score (nSPS) is 22.7. The molecule has 1 saturated heterocycles. The molecular formula is C15H18F3N5O. The first-order valence-corrected chi connectivity index (χ1v) is 7.69. The summed E-state index contributed by atoms with van der Waals surface area (Å²) >= 11 is 0. The third kappa shape index (κ3) is 3.90. The third-order valence-electron chi connectivity index (χ3n) is 4.20. The molecule has 6 nitrogen and oxygen atoms in total. The molecule has 24 heavy (non-hydrogen) atoms. The van der Waals surface area contributed by atoms with E-state index in [-0.39, 0.29) is 19.5 Å². The molecule has 1 unspecified atom stereocenters. The van der Waals surface area contributed by atoms with Gasteiger partial charge in [0.05, 0.1) is 17.3 Å². The van der Waals surface area contributed by atoms with Crippen LogP contribution in [0.5, 0.6) is 0 Å². The molecule has 0 aromatic carbocycles. The largest absolute Gasteiger partial charge is 0.393 e. The molecule has 0 radical (unpaired) electrons. The Morgan fingerprint density at radius 2 is 2.17 bits per heavy atom. The molecule has 0 amide bonds. The number of nitrogens with one attached hydrogen (secondary N) is 1. The lowest BCUT2D eigenvalue weighted by Crippen LogP contribution is -2.32. The Hall–Kier alpha value is -2.00. The van der Waals surface area contributed by atoms with Crippen LogP contribution in [-0.4, -0.2) is 44.4 Å². The predicted molar refractivity (Wildman–Crippen MR) is 78.8 cm³/mol. The number of rotatable bonds is 5. The lowest BCUT2D eigenvalue weighted by molar-refractivity contribution is -0.180. The highest BCUT2D eigenvalue weighted by atomic mass is 19.4. The SMILES string of the molecule is OC(Cc1cn(C[C@@H]2CNC[C@H]2C(F)(F)F)nn1)c1ccccn1. The molecule has 9 heteroatoms. The zero-order valence-corrected chi connectivity index (χ0v) is 12.8. The van der Waals surface area contributed by atoms with E-state index >= 15 is 0 Å². The summed E-state index contributed by atoms with van der Waals surface area (Å²) in [5.41, 5.74) is 1.03. The molecular weight excluding hydrogens is 323 g/mol. The number of pyridine rings is 1. The summed E-state index contributed by atoms with van der Waals surface area (Å²) in [6.07, 6.45) is -1.67. The van der Waals surface area contributed by atoms with E-state index in [9.17, 15) is 18.3 Å². The van der Waals surface area contributed by atoms with Gasteiger partial charge in [-0.25, -0.2) is 0 Å². The van der Waals surface area contributed by atoms with Crippen LogP contribution in [0.2, 0.25) is 0 Å². The summed E-state index contributed by atoms with van der Waals surface area (Å²) in [7, 11) is 0. The van der Waals surface area contributed by atoms with Crippen molar-refractivity contribution in [2.45, 2.75) is 25.2 Å². The lowest BCUT2D eigenvalue weighted by atomic mass is 9.95. The highest BCUT2D eigenvalue weighted by molar-refractivity contribution is 5.09. The molecule has 0 aliphatic carbocycles. The van der Waals surface area contributed by atoms with Crippen LogP contribution in [0.1, 0.15) is 17.5 Å². The second-order valence-electron chi connectivity index (χ2n) is 5.97. The van der Waals surface area contributed by atoms with Gasteiger partial charge in [0.15, 0.2) is 0 Å². The number of halogens is 3. The second-order valence-corrected chi connectivity index (χ2v) is 5.97. The molecule has 0 saturated carbocycles. The van der Waals surface area contributed by atoms with E-state index in [4.69, 9.17) is 0 Å². The van der Waals surface area contributed by atoms with Gasteiger partial charge in [-0.15, -0.1) is 5.10 Å². The summed E-state index contributed by atoms with van der Waals surface area (Å²) in [5, 5.41) is 20.7. The first-order valence-electron chi connectivity index (χ1n) is 7.69. The summed E-state index contributed by atoms with van der Waals surface area (Å²) < 4.78 is 40.3. The zero-order valence-electron chi connectivity index (χ0n) is 12.8. The van der Waals surface area contributed by atoms with E-state index in [0.717, 1.165) is 0 Å². The van der Waals surface area contributed by atoms with E-state index in [2.05, 4.69) is 20.6 Å². The highest BCUT2D eigenvalue weighted by Gasteiger charge is 2.47. The zero-order chi connectivity index (χ0) is 17.2. The molecule has 2 aromatic heterocycles. The van der Waals surface area contributed by atoms with E-state index in [1.165, 1.54) is 4.68 Å². The second kappa shape index (κ2) is 6.86. The Balaban J connectivity index is 1.61. The number of alkyl halides is 3. The van der Waals surface area contributed by atoms with Crippen molar-refractivity contribution in [3.8, 4) is 0 Å². The third-order valence-corrected chi connectivity index (χ3v) is 4.20. The molecule has 3 atom stereocenters. The molecule has 1 aliphatic heterocycles. The van der Waals surface area contributed by atoms with Gasteiger partial charge in [0.2, 0.25) is 0 Å². The monoisotopic (exact) mass is 341 g/mol. The van der Waals surface area contributed by atoms with Crippen LogP contribution in [0.25, 0.3) is 0 Å². The van der Waals surface area contributed by atoms with Crippen LogP contribution >= 0.6 is 0 Å². The highest BCUT2D eigenvalue weighted by Crippen LogP contribution is 2.35. The Kier molecular flexibility index (Phi) is 4.81. The molecule has 1 aliphatic rings. The standard InChI is InChI=1S/C15H18F3N5O/c16-15(17,18)12-7-19-6-10(12)8-23-9-11(21-22-23)5-14(24)13-3-1-2-4-20-13/h1-4,9-10,12,14,19,24H,5-8H2/t10-,12+,14?/m0/s1. The molecule has 3 heterocycles. The van der Waals surface area contributed by atoms with Crippen molar-refractivity contribution in [3.63, 3.8) is 0 Å². The van der Waals surface area contributed by atoms with Gasteiger partial charge in [-0.1, -0.05) is 11.3 Å². The van der Waals surface area contributed by atoms with Crippen LogP contribution in [0.4, 0.5) is 13.2 Å². The summed E-state index contributed by atoms with van der Waals surface area (Å²) in [6, 6.07) is 5.22. The number of nitrogens with zero attached hydrogens (tertiary/aromatic N) is 4. The van der Waals surface area contributed by atoms with Crippen LogP contribution in [-0.2, 0) is 13.0 Å². The van der Waals surface area contributed by atoms with Gasteiger partial charge in [0.25, 0.3) is 0 Å². The van der Waals surface area contributed by atoms with Gasteiger partial charge in [-0.2, -0.15) is 13.2 Å². The fraction of sp³-hybridized carbons (Fsp3) is 0.533. The smallest absolute Gasteiger partial charge is 0.386 e. The van der Waals surface area contributed by atoms with Crippen LogP contribution in [0.15, 0.2) is 30.6 Å². The minimum Gasteiger partial charge on any atom is -0.386 e. The molecule has 130 valence electrons. The number of aromatic nitrogens is 4. The molecule has 2 aromatic rings.